The number of nitrogens with one attached hydrogen (secondary N) is 3. The van der Waals surface area contributed by atoms with Crippen LogP contribution >= 0.6 is 0 Å². The van der Waals surface area contributed by atoms with Gasteiger partial charge in [0.15, 0.2) is 0 Å². The van der Waals surface area contributed by atoms with Crippen molar-refractivity contribution in [3.63, 3.8) is 0 Å². The van der Waals surface area contributed by atoms with Crippen molar-refractivity contribution in [2.75, 3.05) is 60.0 Å². The van der Waals surface area contributed by atoms with Gasteiger partial charge in [0.1, 0.15) is 24.4 Å². The number of rotatable bonds is 30. The number of methoxy groups -OCH3 is 1. The van der Waals surface area contributed by atoms with E-state index in [0.29, 0.717) is 63.7 Å². The van der Waals surface area contributed by atoms with E-state index < -0.39 is 40.6 Å². The summed E-state index contributed by atoms with van der Waals surface area (Å²) in [4.78, 5) is 38.0. The molecule has 3 amide bonds. The lowest BCUT2D eigenvalue weighted by Gasteiger charge is -2.31. The second-order valence-corrected chi connectivity index (χ2v) is 15.3. The number of ether oxygens (including phenoxy) is 4. The Morgan fingerprint density at radius 1 is 0.897 bits per heavy atom. The number of unbranched alkanes of at least 4 members (excludes halogenated alkanes) is 1. The van der Waals surface area contributed by atoms with E-state index in [1.807, 2.05) is 6.92 Å². The van der Waals surface area contributed by atoms with Crippen LogP contribution in [-0.2, 0) is 64.7 Å². The summed E-state index contributed by atoms with van der Waals surface area (Å²) in [5, 5.41) is 30.9. The van der Waals surface area contributed by atoms with Crippen molar-refractivity contribution in [3.8, 4) is 5.75 Å². The summed E-state index contributed by atoms with van der Waals surface area (Å²) >= 11 is 0. The number of aromatic nitrogens is 6. The van der Waals surface area contributed by atoms with Crippen LogP contribution in [0, 0.1) is 5.92 Å². The smallest absolute Gasteiger partial charge is 0.262 e. The van der Waals surface area contributed by atoms with E-state index >= 15 is 0 Å². The second-order valence-electron chi connectivity index (χ2n) is 13.5. The molecule has 58 heavy (non-hydrogen) atoms. The zero-order valence-corrected chi connectivity index (χ0v) is 34.4. The van der Waals surface area contributed by atoms with Crippen molar-refractivity contribution < 1.29 is 51.3 Å². The highest BCUT2D eigenvalue weighted by molar-refractivity contribution is 7.89. The molecule has 2 aromatic heterocycles. The van der Waals surface area contributed by atoms with Gasteiger partial charge in [0.25, 0.3) is 5.91 Å². The first-order valence-corrected chi connectivity index (χ1v) is 20.6. The molecule has 2 heterocycles. The third kappa shape index (κ3) is 16.0. The molecule has 1 aromatic carbocycles. The number of hydrogen-bond acceptors (Lipinski definition) is 14. The number of nitrogens with zero attached hydrogens (tertiary/aromatic N) is 7. The van der Waals surface area contributed by atoms with Crippen LogP contribution in [0.2, 0.25) is 0 Å². The van der Waals surface area contributed by atoms with Crippen LogP contribution in [0.25, 0.3) is 0 Å². The first kappa shape index (κ1) is 47.8. The van der Waals surface area contributed by atoms with Crippen LogP contribution < -0.4 is 20.9 Å². The average Bonchev–Trinajstić information content (AvgIpc) is 3.87. The molecule has 2 atom stereocenters. The van der Waals surface area contributed by atoms with E-state index in [1.54, 1.807) is 31.7 Å². The van der Waals surface area contributed by atoms with Crippen LogP contribution in [-0.4, -0.2) is 138 Å². The van der Waals surface area contributed by atoms with Crippen LogP contribution in [0.15, 0.2) is 41.6 Å². The van der Waals surface area contributed by atoms with E-state index in [0.717, 1.165) is 17.1 Å². The van der Waals surface area contributed by atoms with E-state index in [4.69, 9.17) is 18.9 Å². The highest BCUT2D eigenvalue weighted by atomic mass is 32.2. The number of hydrogen-bond donors (Lipinski definition) is 4. The number of aryl methyl sites for hydroxylation is 1. The fourth-order valence-corrected chi connectivity index (χ4v) is 7.33. The summed E-state index contributed by atoms with van der Waals surface area (Å²) in [7, 11) is -2.77. The van der Waals surface area contributed by atoms with Crippen LogP contribution in [0.5, 0.6) is 5.75 Å². The Balaban J connectivity index is 1.33. The Kier molecular flexibility index (Phi) is 21.2. The number of halogens is 1. The van der Waals surface area contributed by atoms with E-state index in [9.17, 15) is 32.4 Å². The molecule has 0 spiro atoms. The van der Waals surface area contributed by atoms with E-state index in [2.05, 4.69) is 31.3 Å². The summed E-state index contributed by atoms with van der Waals surface area (Å²) in [5.74, 6) is -1.62. The third-order valence-corrected chi connectivity index (χ3v) is 10.4. The van der Waals surface area contributed by atoms with Gasteiger partial charge in [-0.1, -0.05) is 44.0 Å². The number of sulfonamides is 1. The number of amides is 3. The topological polar surface area (TPSA) is 243 Å². The van der Waals surface area contributed by atoms with Gasteiger partial charge in [-0.2, -0.15) is 4.31 Å². The van der Waals surface area contributed by atoms with Crippen LogP contribution in [0.3, 0.4) is 0 Å². The number of carbonyl (C=O) groups is 3. The summed E-state index contributed by atoms with van der Waals surface area (Å²) in [5.41, 5.74) is 2.45. The lowest BCUT2D eigenvalue weighted by Crippen LogP contribution is -2.51. The van der Waals surface area contributed by atoms with Crippen LogP contribution in [0.1, 0.15) is 57.8 Å². The maximum Gasteiger partial charge on any atom is 0.262 e. The molecule has 22 heteroatoms. The van der Waals surface area contributed by atoms with Gasteiger partial charge in [0.2, 0.25) is 21.8 Å². The molecule has 0 radical (unpaired) electrons. The quantitative estimate of drug-likeness (QED) is 0.0417. The highest BCUT2D eigenvalue weighted by Gasteiger charge is 2.38. The van der Waals surface area contributed by atoms with Gasteiger partial charge in [-0.3, -0.25) is 24.0 Å². The van der Waals surface area contributed by atoms with E-state index in [-0.39, 0.29) is 55.3 Å². The maximum absolute atomic E-state index is 13.8. The summed E-state index contributed by atoms with van der Waals surface area (Å²) in [6, 6.07) is 3.79. The Morgan fingerprint density at radius 2 is 1.53 bits per heavy atom. The van der Waals surface area contributed by atoms with Gasteiger partial charge in [-0.15, -0.1) is 10.2 Å². The van der Waals surface area contributed by atoms with Gasteiger partial charge < -0.3 is 29.6 Å². The molecule has 0 bridgehead atoms. The van der Waals surface area contributed by atoms with Gasteiger partial charge in [0.05, 0.1) is 82.8 Å². The normalized spacial score (nSPS) is 12.8. The molecular formula is C36H57FN10O10S. The molecule has 324 valence electrons. The largest absolute Gasteiger partial charge is 0.497 e. The summed E-state index contributed by atoms with van der Waals surface area (Å²) in [6.07, 6.45) is 6.01. The zero-order valence-electron chi connectivity index (χ0n) is 33.5. The molecule has 3 rings (SSSR count). The number of alkyl halides is 1. The fourth-order valence-electron chi connectivity index (χ4n) is 5.64. The lowest BCUT2D eigenvalue weighted by molar-refractivity contribution is -0.134. The van der Waals surface area contributed by atoms with Gasteiger partial charge >= 0.3 is 0 Å². The van der Waals surface area contributed by atoms with Gasteiger partial charge in [0, 0.05) is 18.9 Å². The molecular weight excluding hydrogens is 784 g/mol. The first-order valence-electron chi connectivity index (χ1n) is 19.2. The van der Waals surface area contributed by atoms with Gasteiger partial charge in [-0.25, -0.2) is 23.3 Å². The molecule has 4 N–H and O–H groups in total. The molecule has 0 saturated heterocycles. The minimum absolute atomic E-state index is 0.0666. The number of benzene rings is 1. The Morgan fingerprint density at radius 3 is 2.17 bits per heavy atom. The lowest BCUT2D eigenvalue weighted by atomic mass is 10.0. The third-order valence-electron chi connectivity index (χ3n) is 8.60. The van der Waals surface area contributed by atoms with E-state index in [1.165, 1.54) is 40.7 Å². The molecule has 20 nitrogen and oxygen atoms in total. The predicted molar refractivity (Wildman–Crippen MR) is 206 cm³/mol. The fraction of sp³-hybridized carbons (Fsp3) is 0.639. The Labute approximate surface area is 338 Å². The van der Waals surface area contributed by atoms with Gasteiger partial charge in [-0.05, 0) is 49.4 Å². The first-order chi connectivity index (χ1) is 27.9. The predicted octanol–water partition coefficient (Wildman–Crippen LogP) is 1.04. The standard InChI is InChI=1S/C36H57FN10O10S/c1-5-6-9-32(39-33(48)26-46-23-28(40-44-46)8-7-14-37)35(49)38-15-17-55-19-21-57-22-20-56-18-16-45-24-29(41-43-45)25-47(34(27(2)3)36(50)42-51)58(52,53)31-12-10-30(54-4)11-13-31/h10-13,23-24,27,32,34,51H,5-9,14-22,25-26H2,1-4H3,(H,38,49)(H,39,48)(H,42,50)/t32-,34+/m0/s1. The average molecular weight is 841 g/mol. The monoisotopic (exact) mass is 840 g/mol. The molecule has 3 aromatic rings. The molecule has 0 aliphatic rings. The van der Waals surface area contributed by atoms with Crippen LogP contribution in [0.4, 0.5) is 4.39 Å². The summed E-state index contributed by atoms with van der Waals surface area (Å²) < 4.78 is 65.6. The Bertz CT molecular complexity index is 1780. The SMILES string of the molecule is CCCC[C@H](NC(=O)Cn1cc(CCCF)nn1)C(=O)NCCOCCOCCOCCn1cc(CN([C@@H](C(=O)NO)C(C)C)S(=O)(=O)c2ccc(OC)cc2)nn1. The van der Waals surface area contributed by atoms with Crippen molar-refractivity contribution >= 4 is 27.7 Å². The van der Waals surface area contributed by atoms with Crippen molar-refractivity contribution in [1.82, 2.24) is 50.4 Å². The van der Waals surface area contributed by atoms with Crippen molar-refractivity contribution in [3.05, 3.63) is 48.0 Å². The Hall–Kier alpha value is -4.61. The molecule has 0 saturated carbocycles. The van der Waals surface area contributed by atoms with Crippen molar-refractivity contribution in [2.45, 2.75) is 89.5 Å². The zero-order chi connectivity index (χ0) is 42.3. The number of carbonyl (C=O) groups excluding carboxylic acids is 3. The number of hydroxylamine groups is 1. The summed E-state index contributed by atoms with van der Waals surface area (Å²) in [6.45, 7) is 6.74. The molecule has 0 fully saturated rings. The molecule has 0 unspecified atom stereocenters. The van der Waals surface area contributed by atoms with Crippen molar-refractivity contribution in [1.29, 1.82) is 0 Å². The highest BCUT2D eigenvalue weighted by Crippen LogP contribution is 2.26. The minimum atomic E-state index is -4.23. The molecule has 0 aliphatic heterocycles. The minimum Gasteiger partial charge on any atom is -0.497 e. The van der Waals surface area contributed by atoms with Crippen molar-refractivity contribution in [2.24, 2.45) is 5.92 Å². The molecule has 0 aliphatic carbocycles. The maximum atomic E-state index is 13.8. The second kappa shape index (κ2) is 25.7.